The molecule has 0 bridgehead atoms. The van der Waals surface area contributed by atoms with Crippen molar-refractivity contribution in [3.8, 4) is 11.5 Å². The molecule has 0 aliphatic rings. The van der Waals surface area contributed by atoms with E-state index in [9.17, 15) is 14.4 Å². The maximum Gasteiger partial charge on any atom is 0.338 e. The van der Waals surface area contributed by atoms with Crippen molar-refractivity contribution in [1.82, 2.24) is 0 Å². The average molecular weight is 645 g/mol. The molecule has 0 unspecified atom stereocenters. The molecule has 9 nitrogen and oxygen atoms in total. The number of anilines is 2. The van der Waals surface area contributed by atoms with Crippen LogP contribution in [-0.2, 0) is 14.3 Å². The highest BCUT2D eigenvalue weighted by atomic mass is 16.5. The minimum Gasteiger partial charge on any atom is -0.494 e. The highest BCUT2D eigenvalue weighted by Crippen LogP contribution is 2.19. The number of carbonyl (C=O) groups is 3. The normalized spacial score (nSPS) is 10.9. The third-order valence-electron chi connectivity index (χ3n) is 7.34. The Morgan fingerprint density at radius 3 is 1.66 bits per heavy atom. The average Bonchev–Trinajstić information content (AvgIpc) is 3.06. The van der Waals surface area contributed by atoms with Gasteiger partial charge in [-0.25, -0.2) is 14.4 Å². The van der Waals surface area contributed by atoms with Crippen LogP contribution in [0.5, 0.6) is 11.5 Å². The zero-order chi connectivity index (χ0) is 33.7. The topological polar surface area (TPSA) is 140 Å². The molecular weight excluding hydrogens is 596 g/mol. The minimum absolute atomic E-state index is 0.357. The van der Waals surface area contributed by atoms with Crippen LogP contribution in [0.25, 0.3) is 6.08 Å². The highest BCUT2D eigenvalue weighted by molar-refractivity contribution is 5.92. The second kappa shape index (κ2) is 21.1. The quantitative estimate of drug-likeness (QED) is 0.0386. The molecule has 3 aromatic carbocycles. The predicted molar refractivity (Wildman–Crippen MR) is 185 cm³/mol. The molecule has 0 aromatic heterocycles. The summed E-state index contributed by atoms with van der Waals surface area (Å²) in [5, 5.41) is 0. The van der Waals surface area contributed by atoms with Crippen molar-refractivity contribution in [2.24, 2.45) is 0 Å². The highest BCUT2D eigenvalue weighted by Gasteiger charge is 2.09. The van der Waals surface area contributed by atoms with Gasteiger partial charge in [0.2, 0.25) is 0 Å². The molecule has 3 aromatic rings. The Morgan fingerprint density at radius 1 is 0.596 bits per heavy atom. The molecule has 9 heteroatoms. The van der Waals surface area contributed by atoms with Crippen molar-refractivity contribution in [1.29, 1.82) is 0 Å². The molecule has 47 heavy (non-hydrogen) atoms. The van der Waals surface area contributed by atoms with Crippen LogP contribution in [0.4, 0.5) is 11.4 Å². The molecule has 0 radical (unpaired) electrons. The Kier molecular flexibility index (Phi) is 16.5. The van der Waals surface area contributed by atoms with E-state index in [1.165, 1.54) is 6.08 Å². The van der Waals surface area contributed by atoms with Crippen LogP contribution in [0.3, 0.4) is 0 Å². The van der Waals surface area contributed by atoms with E-state index < -0.39 is 11.9 Å². The lowest BCUT2D eigenvalue weighted by molar-refractivity contribution is -0.128. The fourth-order valence-corrected chi connectivity index (χ4v) is 4.72. The van der Waals surface area contributed by atoms with Crippen molar-refractivity contribution in [2.75, 3.05) is 31.3 Å². The number of ether oxygens (including phenoxy) is 4. The van der Waals surface area contributed by atoms with Gasteiger partial charge in [0, 0.05) is 17.5 Å². The minimum atomic E-state index is -0.495. The lowest BCUT2D eigenvalue weighted by Gasteiger charge is -2.07. The molecule has 0 aliphatic heterocycles. The fourth-order valence-electron chi connectivity index (χ4n) is 4.72. The number of hydrogen-bond acceptors (Lipinski definition) is 9. The number of rotatable bonds is 21. The first kappa shape index (κ1) is 36.7. The van der Waals surface area contributed by atoms with E-state index in [-0.39, 0.29) is 5.97 Å². The maximum atomic E-state index is 12.4. The largest absolute Gasteiger partial charge is 0.494 e. The summed E-state index contributed by atoms with van der Waals surface area (Å²) in [4.78, 5) is 36.7. The molecule has 252 valence electrons. The van der Waals surface area contributed by atoms with Gasteiger partial charge in [-0.1, -0.05) is 70.4 Å². The fraction of sp³-hybridized carbons (Fsp3) is 0.395. The molecular formula is C38H48N2O7. The Hall–Kier alpha value is -4.79. The summed E-state index contributed by atoms with van der Waals surface area (Å²) in [7, 11) is 0. The summed E-state index contributed by atoms with van der Waals surface area (Å²) in [5.41, 5.74) is 13.9. The van der Waals surface area contributed by atoms with Crippen molar-refractivity contribution >= 4 is 35.4 Å². The molecule has 0 amide bonds. The number of benzene rings is 3. The second-order valence-electron chi connectivity index (χ2n) is 11.4. The van der Waals surface area contributed by atoms with E-state index >= 15 is 0 Å². The van der Waals surface area contributed by atoms with E-state index in [0.29, 0.717) is 48.1 Å². The van der Waals surface area contributed by atoms with Gasteiger partial charge in [0.05, 0.1) is 30.9 Å². The van der Waals surface area contributed by atoms with Gasteiger partial charge in [0.25, 0.3) is 0 Å². The number of esters is 3. The Labute approximate surface area is 278 Å². The first-order chi connectivity index (χ1) is 22.8. The van der Waals surface area contributed by atoms with Gasteiger partial charge >= 0.3 is 17.9 Å². The van der Waals surface area contributed by atoms with E-state index in [1.54, 1.807) is 72.8 Å². The number of nitrogens with two attached hydrogens (primary N) is 2. The third-order valence-corrected chi connectivity index (χ3v) is 7.34. The van der Waals surface area contributed by atoms with Gasteiger partial charge in [-0.05, 0) is 85.5 Å². The number of nitrogen functional groups attached to an aromatic ring is 2. The van der Waals surface area contributed by atoms with Crippen molar-refractivity contribution in [2.45, 2.75) is 77.6 Å². The van der Waals surface area contributed by atoms with Crippen molar-refractivity contribution < 1.29 is 33.3 Å². The van der Waals surface area contributed by atoms with Crippen LogP contribution in [0, 0.1) is 0 Å². The Morgan fingerprint density at radius 2 is 1.11 bits per heavy atom. The number of carbonyl (C=O) groups excluding carboxylic acids is 3. The van der Waals surface area contributed by atoms with Gasteiger partial charge in [-0.2, -0.15) is 0 Å². The van der Waals surface area contributed by atoms with Crippen LogP contribution in [0.2, 0.25) is 0 Å². The van der Waals surface area contributed by atoms with E-state index in [1.807, 2.05) is 0 Å². The molecule has 4 N–H and O–H groups in total. The van der Waals surface area contributed by atoms with Gasteiger partial charge < -0.3 is 30.4 Å². The summed E-state index contributed by atoms with van der Waals surface area (Å²) in [6.45, 7) is 3.54. The van der Waals surface area contributed by atoms with Gasteiger partial charge in [0.1, 0.15) is 11.5 Å². The molecule has 0 aliphatic carbocycles. The molecule has 0 saturated heterocycles. The van der Waals surface area contributed by atoms with Gasteiger partial charge in [-0.3, -0.25) is 0 Å². The lowest BCUT2D eigenvalue weighted by Crippen LogP contribution is -2.07. The number of unbranched alkanes of at least 4 members (excludes halogenated alkanes) is 9. The van der Waals surface area contributed by atoms with Crippen molar-refractivity contribution in [3.05, 3.63) is 89.5 Å². The van der Waals surface area contributed by atoms with E-state index in [2.05, 4.69) is 6.92 Å². The molecule has 0 fully saturated rings. The number of hydrogen-bond donors (Lipinski definition) is 2. The standard InChI is InChI=1S/C38H48N2O7/c1-2-3-23-44-34-18-20-35(21-19-34)47-36(41)22-15-29-13-16-30(17-14-29)37(42)45-24-11-9-7-5-4-6-8-10-12-25-46-38(43)31-26-32(39)28-33(40)27-31/h13-22,26-28H,2-12,23-25,39-40H2,1H3. The molecule has 0 heterocycles. The van der Waals surface area contributed by atoms with E-state index in [4.69, 9.17) is 30.4 Å². The van der Waals surface area contributed by atoms with Crippen molar-refractivity contribution in [3.63, 3.8) is 0 Å². The lowest BCUT2D eigenvalue weighted by atomic mass is 10.1. The zero-order valence-electron chi connectivity index (χ0n) is 27.4. The Balaban J connectivity index is 1.18. The summed E-state index contributed by atoms with van der Waals surface area (Å²) >= 11 is 0. The monoisotopic (exact) mass is 644 g/mol. The third kappa shape index (κ3) is 14.9. The first-order valence-corrected chi connectivity index (χ1v) is 16.6. The van der Waals surface area contributed by atoms with Crippen LogP contribution < -0.4 is 20.9 Å². The molecule has 0 atom stereocenters. The zero-order valence-corrected chi connectivity index (χ0v) is 27.4. The van der Waals surface area contributed by atoms with E-state index in [0.717, 1.165) is 81.9 Å². The summed E-state index contributed by atoms with van der Waals surface area (Å²) in [6.07, 6.45) is 14.3. The summed E-state index contributed by atoms with van der Waals surface area (Å²) < 4.78 is 21.7. The van der Waals surface area contributed by atoms with Crippen LogP contribution in [-0.4, -0.2) is 37.7 Å². The smallest absolute Gasteiger partial charge is 0.338 e. The van der Waals surface area contributed by atoms with Crippen LogP contribution >= 0.6 is 0 Å². The molecule has 0 saturated carbocycles. The Bertz CT molecular complexity index is 1400. The first-order valence-electron chi connectivity index (χ1n) is 16.6. The molecule has 0 spiro atoms. The SMILES string of the molecule is CCCCOc1ccc(OC(=O)C=Cc2ccc(C(=O)OCCCCCCCCCCCOC(=O)c3cc(N)cc(N)c3)cc2)cc1. The summed E-state index contributed by atoms with van der Waals surface area (Å²) in [5.74, 6) is -0.0725. The second-order valence-corrected chi connectivity index (χ2v) is 11.4. The predicted octanol–water partition coefficient (Wildman–Crippen LogP) is 8.17. The molecule has 3 rings (SSSR count). The van der Waals surface area contributed by atoms with Gasteiger partial charge in [0.15, 0.2) is 0 Å². The summed E-state index contributed by atoms with van der Waals surface area (Å²) in [6, 6.07) is 18.6. The van der Waals surface area contributed by atoms with Crippen LogP contribution in [0.1, 0.15) is 104 Å². The maximum absolute atomic E-state index is 12.4. The van der Waals surface area contributed by atoms with Crippen LogP contribution in [0.15, 0.2) is 72.8 Å². The van der Waals surface area contributed by atoms with Gasteiger partial charge in [-0.15, -0.1) is 0 Å².